The van der Waals surface area contributed by atoms with Gasteiger partial charge in [0.05, 0.1) is 28.8 Å². The van der Waals surface area contributed by atoms with Crippen LogP contribution in [-0.2, 0) is 20.4 Å². The summed E-state index contributed by atoms with van der Waals surface area (Å²) in [7, 11) is -2.01. The van der Waals surface area contributed by atoms with E-state index in [9.17, 15) is 17.9 Å². The number of rotatable bonds is 8. The van der Waals surface area contributed by atoms with E-state index in [0.717, 1.165) is 37.8 Å². The SMILES string of the molecule is CN(CCO)[C@H]1CCCC[C@@H]1Nc1cc(F)c(S(=O)(=O)Cc2ccncn2)cc1Cl.O=CO. The molecule has 1 saturated carbocycles. The first-order valence-corrected chi connectivity index (χ1v) is 12.4. The third kappa shape index (κ3) is 7.60. The molecule has 0 unspecified atom stereocenters. The summed E-state index contributed by atoms with van der Waals surface area (Å²) in [6.07, 6.45) is 6.64. The van der Waals surface area contributed by atoms with Gasteiger partial charge in [0, 0.05) is 24.8 Å². The molecule has 1 heterocycles. The lowest BCUT2D eigenvalue weighted by Crippen LogP contribution is -2.48. The van der Waals surface area contributed by atoms with Crippen LogP contribution in [0.5, 0.6) is 0 Å². The van der Waals surface area contributed by atoms with Crippen molar-refractivity contribution in [2.45, 2.75) is 48.4 Å². The smallest absolute Gasteiger partial charge is 0.290 e. The van der Waals surface area contributed by atoms with Gasteiger partial charge in [0.1, 0.15) is 17.0 Å². The van der Waals surface area contributed by atoms with Gasteiger partial charge in [-0.3, -0.25) is 9.69 Å². The molecule has 0 spiro atoms. The molecular formula is C21H28ClFN4O5S. The Kier molecular flexibility index (Phi) is 10.4. The van der Waals surface area contributed by atoms with Crippen molar-refractivity contribution in [2.75, 3.05) is 25.5 Å². The highest BCUT2D eigenvalue weighted by Gasteiger charge is 2.29. The Hall–Kier alpha value is -2.34. The molecule has 1 aromatic heterocycles. The molecule has 1 aromatic carbocycles. The number of sulfone groups is 1. The number of hydrogen-bond donors (Lipinski definition) is 3. The van der Waals surface area contributed by atoms with E-state index >= 15 is 0 Å². The number of aliphatic hydroxyl groups excluding tert-OH is 1. The average Bonchev–Trinajstić information content (AvgIpc) is 2.77. The molecule has 3 rings (SSSR count). The standard InChI is InChI=1S/C20H26ClFN4O3S.CH2O2/c1-26(8-9-27)19-5-3-2-4-17(19)25-18-11-16(22)20(10-15(18)21)30(28,29)12-14-6-7-23-13-24-14;2-1-3/h6-7,10-11,13,17,19,25,27H,2-5,8-9,12H2,1H3;1H,(H,2,3)/t17-,19-;/m0./s1. The summed E-state index contributed by atoms with van der Waals surface area (Å²) in [4.78, 5) is 17.6. The van der Waals surface area contributed by atoms with Gasteiger partial charge in [-0.2, -0.15) is 0 Å². The summed E-state index contributed by atoms with van der Waals surface area (Å²) in [5.74, 6) is -1.29. The van der Waals surface area contributed by atoms with E-state index < -0.39 is 26.3 Å². The van der Waals surface area contributed by atoms with E-state index in [1.54, 1.807) is 0 Å². The number of hydrogen-bond acceptors (Lipinski definition) is 8. The van der Waals surface area contributed by atoms with E-state index in [-0.39, 0.29) is 35.9 Å². The van der Waals surface area contributed by atoms with Crippen LogP contribution in [0, 0.1) is 5.82 Å². The highest BCUT2D eigenvalue weighted by Crippen LogP contribution is 2.32. The van der Waals surface area contributed by atoms with Gasteiger partial charge in [-0.1, -0.05) is 24.4 Å². The number of nitrogens with one attached hydrogen (secondary N) is 1. The minimum Gasteiger partial charge on any atom is -0.483 e. The second-order valence-corrected chi connectivity index (χ2v) is 10.00. The van der Waals surface area contributed by atoms with Gasteiger partial charge in [-0.05, 0) is 38.1 Å². The number of carboxylic acid groups (broad SMARTS) is 1. The largest absolute Gasteiger partial charge is 0.483 e. The van der Waals surface area contributed by atoms with Crippen molar-refractivity contribution in [3.63, 3.8) is 0 Å². The van der Waals surface area contributed by atoms with Crippen LogP contribution < -0.4 is 5.32 Å². The first-order chi connectivity index (χ1) is 15.7. The quantitative estimate of drug-likeness (QED) is 0.466. The zero-order chi connectivity index (χ0) is 24.4. The molecule has 12 heteroatoms. The average molecular weight is 503 g/mol. The van der Waals surface area contributed by atoms with E-state index in [4.69, 9.17) is 21.5 Å². The van der Waals surface area contributed by atoms with Crippen molar-refractivity contribution in [1.29, 1.82) is 0 Å². The monoisotopic (exact) mass is 502 g/mol. The molecule has 2 aromatic rings. The molecule has 0 aliphatic heterocycles. The maximum absolute atomic E-state index is 14.8. The molecule has 0 radical (unpaired) electrons. The van der Waals surface area contributed by atoms with Crippen molar-refractivity contribution in [3.05, 3.63) is 47.3 Å². The van der Waals surface area contributed by atoms with Crippen molar-refractivity contribution in [1.82, 2.24) is 14.9 Å². The van der Waals surface area contributed by atoms with E-state index in [0.29, 0.717) is 12.2 Å². The number of aromatic nitrogens is 2. The van der Waals surface area contributed by atoms with E-state index in [1.807, 2.05) is 7.05 Å². The van der Waals surface area contributed by atoms with Gasteiger partial charge in [0.2, 0.25) is 0 Å². The van der Waals surface area contributed by atoms with Gasteiger partial charge in [-0.25, -0.2) is 22.8 Å². The third-order valence-electron chi connectivity index (χ3n) is 5.43. The van der Waals surface area contributed by atoms with Crippen LogP contribution in [0.1, 0.15) is 31.4 Å². The first kappa shape index (κ1) is 26.9. The fourth-order valence-corrected chi connectivity index (χ4v) is 5.54. The van der Waals surface area contributed by atoms with Crippen molar-refractivity contribution < 1.29 is 27.8 Å². The minimum absolute atomic E-state index is 0.0238. The van der Waals surface area contributed by atoms with Crippen LogP contribution in [0.3, 0.4) is 0 Å². The van der Waals surface area contributed by atoms with Gasteiger partial charge < -0.3 is 15.5 Å². The number of anilines is 1. The molecule has 1 aliphatic carbocycles. The van der Waals surface area contributed by atoms with E-state index in [1.165, 1.54) is 18.6 Å². The highest BCUT2D eigenvalue weighted by molar-refractivity contribution is 7.90. The second kappa shape index (κ2) is 12.8. The lowest BCUT2D eigenvalue weighted by atomic mass is 9.89. The maximum atomic E-state index is 14.8. The van der Waals surface area contributed by atoms with Gasteiger partial charge >= 0.3 is 0 Å². The number of nitrogens with zero attached hydrogens (tertiary/aromatic N) is 3. The highest BCUT2D eigenvalue weighted by atomic mass is 35.5. The lowest BCUT2D eigenvalue weighted by Gasteiger charge is -2.38. The van der Waals surface area contributed by atoms with Gasteiger partial charge in [0.25, 0.3) is 6.47 Å². The normalized spacial score (nSPS) is 18.3. The maximum Gasteiger partial charge on any atom is 0.290 e. The molecule has 33 heavy (non-hydrogen) atoms. The summed E-state index contributed by atoms with van der Waals surface area (Å²) >= 11 is 6.35. The Morgan fingerprint density at radius 3 is 2.67 bits per heavy atom. The van der Waals surface area contributed by atoms with Crippen LogP contribution in [0.4, 0.5) is 10.1 Å². The molecule has 3 N–H and O–H groups in total. The summed E-state index contributed by atoms with van der Waals surface area (Å²) in [6, 6.07) is 3.97. The zero-order valence-corrected chi connectivity index (χ0v) is 19.8. The molecule has 182 valence electrons. The number of aliphatic hydroxyl groups is 1. The summed E-state index contributed by atoms with van der Waals surface area (Å²) in [5, 5.41) is 19.6. The minimum atomic E-state index is -3.96. The number of likely N-dealkylation sites (N-methyl/N-ethyl adjacent to an activating group) is 1. The van der Waals surface area contributed by atoms with Crippen molar-refractivity contribution >= 4 is 33.6 Å². The third-order valence-corrected chi connectivity index (χ3v) is 7.40. The molecule has 9 nitrogen and oxygen atoms in total. The summed E-state index contributed by atoms with van der Waals surface area (Å²) in [5.41, 5.74) is 0.643. The lowest BCUT2D eigenvalue weighted by molar-refractivity contribution is -0.122. The van der Waals surface area contributed by atoms with Crippen LogP contribution >= 0.6 is 11.6 Å². The van der Waals surface area contributed by atoms with Crippen LogP contribution in [0.15, 0.2) is 35.6 Å². The summed E-state index contributed by atoms with van der Waals surface area (Å²) < 4.78 is 40.2. The Bertz CT molecular complexity index is 1010. The van der Waals surface area contributed by atoms with Crippen LogP contribution in [0.2, 0.25) is 5.02 Å². The Morgan fingerprint density at radius 1 is 1.33 bits per heavy atom. The fourth-order valence-electron chi connectivity index (χ4n) is 3.88. The van der Waals surface area contributed by atoms with Crippen molar-refractivity contribution in [3.8, 4) is 0 Å². The molecule has 1 fully saturated rings. The molecular weight excluding hydrogens is 475 g/mol. The molecule has 0 amide bonds. The number of halogens is 2. The molecule has 1 aliphatic rings. The van der Waals surface area contributed by atoms with E-state index in [2.05, 4.69) is 20.2 Å². The molecule has 0 saturated heterocycles. The zero-order valence-electron chi connectivity index (χ0n) is 18.2. The van der Waals surface area contributed by atoms with Gasteiger partial charge in [-0.15, -0.1) is 0 Å². The number of carbonyl (C=O) groups is 1. The predicted octanol–water partition coefficient (Wildman–Crippen LogP) is 2.59. The van der Waals surface area contributed by atoms with Crippen LogP contribution in [-0.4, -0.2) is 72.3 Å². The number of benzene rings is 1. The Labute approximate surface area is 197 Å². The molecule has 2 atom stereocenters. The fraction of sp³-hybridized carbons (Fsp3) is 0.476. The topological polar surface area (TPSA) is 133 Å². The Balaban J connectivity index is 0.00000122. The molecule has 0 bridgehead atoms. The predicted molar refractivity (Wildman–Crippen MR) is 122 cm³/mol. The van der Waals surface area contributed by atoms with Crippen LogP contribution in [0.25, 0.3) is 0 Å². The van der Waals surface area contributed by atoms with Gasteiger partial charge in [0.15, 0.2) is 9.84 Å². The Morgan fingerprint density at radius 2 is 2.03 bits per heavy atom. The first-order valence-electron chi connectivity index (χ1n) is 10.4. The van der Waals surface area contributed by atoms with Crippen molar-refractivity contribution in [2.24, 2.45) is 0 Å². The summed E-state index contributed by atoms with van der Waals surface area (Å²) in [6.45, 7) is 0.360. The second-order valence-electron chi connectivity index (χ2n) is 7.63.